The van der Waals surface area contributed by atoms with Crippen LogP contribution in [0.5, 0.6) is 0 Å². The monoisotopic (exact) mass is 229 g/mol. The zero-order valence-electron chi connectivity index (χ0n) is 9.58. The quantitative estimate of drug-likeness (QED) is 0.842. The molecule has 1 N–H and O–H groups in total. The SMILES string of the molecule is c1cncc(-c2cnnn2C2CCCNC2)c1. The van der Waals surface area contributed by atoms with Crippen molar-refractivity contribution in [3.05, 3.63) is 30.7 Å². The van der Waals surface area contributed by atoms with Crippen LogP contribution in [0.3, 0.4) is 0 Å². The van der Waals surface area contributed by atoms with Crippen LogP contribution in [0.4, 0.5) is 0 Å². The fourth-order valence-electron chi connectivity index (χ4n) is 2.28. The lowest BCUT2D eigenvalue weighted by molar-refractivity contribution is 0.344. The average molecular weight is 229 g/mol. The van der Waals surface area contributed by atoms with Crippen LogP contribution in [-0.2, 0) is 0 Å². The van der Waals surface area contributed by atoms with E-state index in [4.69, 9.17) is 0 Å². The summed E-state index contributed by atoms with van der Waals surface area (Å²) >= 11 is 0. The van der Waals surface area contributed by atoms with E-state index >= 15 is 0 Å². The third-order valence-electron chi connectivity index (χ3n) is 3.15. The van der Waals surface area contributed by atoms with E-state index in [0.717, 1.165) is 30.8 Å². The Balaban J connectivity index is 1.93. The first-order chi connectivity index (χ1) is 8.45. The zero-order valence-corrected chi connectivity index (χ0v) is 9.58. The molecule has 0 amide bonds. The van der Waals surface area contributed by atoms with Crippen LogP contribution in [0.1, 0.15) is 18.9 Å². The number of hydrogen-bond donors (Lipinski definition) is 1. The van der Waals surface area contributed by atoms with Crippen molar-refractivity contribution in [1.29, 1.82) is 0 Å². The predicted molar refractivity (Wildman–Crippen MR) is 64.4 cm³/mol. The average Bonchev–Trinajstić information content (AvgIpc) is 2.90. The first-order valence-corrected chi connectivity index (χ1v) is 5.96. The lowest BCUT2D eigenvalue weighted by atomic mass is 10.1. The molecular weight excluding hydrogens is 214 g/mol. The largest absolute Gasteiger partial charge is 0.315 e. The highest BCUT2D eigenvalue weighted by molar-refractivity contribution is 5.56. The lowest BCUT2D eigenvalue weighted by Crippen LogP contribution is -2.32. The Morgan fingerprint density at radius 2 is 2.35 bits per heavy atom. The van der Waals surface area contributed by atoms with Crippen LogP contribution < -0.4 is 5.32 Å². The van der Waals surface area contributed by atoms with E-state index < -0.39 is 0 Å². The van der Waals surface area contributed by atoms with E-state index in [0.29, 0.717) is 6.04 Å². The molecule has 0 saturated carbocycles. The molecule has 1 atom stereocenters. The summed E-state index contributed by atoms with van der Waals surface area (Å²) in [6.07, 6.45) is 7.79. The van der Waals surface area contributed by atoms with Gasteiger partial charge in [0, 0.05) is 24.5 Å². The molecule has 0 aromatic carbocycles. The highest BCUT2D eigenvalue weighted by Gasteiger charge is 2.19. The van der Waals surface area contributed by atoms with Gasteiger partial charge in [-0.1, -0.05) is 5.21 Å². The molecule has 2 aromatic rings. The zero-order chi connectivity index (χ0) is 11.5. The van der Waals surface area contributed by atoms with E-state index in [-0.39, 0.29) is 0 Å². The van der Waals surface area contributed by atoms with Gasteiger partial charge in [-0.2, -0.15) is 0 Å². The van der Waals surface area contributed by atoms with Gasteiger partial charge in [0.2, 0.25) is 0 Å². The maximum atomic E-state index is 4.22. The Hall–Kier alpha value is -1.75. The van der Waals surface area contributed by atoms with Crippen LogP contribution in [0.15, 0.2) is 30.7 Å². The molecule has 17 heavy (non-hydrogen) atoms. The van der Waals surface area contributed by atoms with Crippen molar-refractivity contribution in [1.82, 2.24) is 25.3 Å². The second-order valence-electron chi connectivity index (χ2n) is 4.31. The third kappa shape index (κ3) is 2.06. The van der Waals surface area contributed by atoms with Crippen molar-refractivity contribution in [3.63, 3.8) is 0 Å². The minimum atomic E-state index is 0.404. The molecule has 1 saturated heterocycles. The maximum absolute atomic E-state index is 4.22. The van der Waals surface area contributed by atoms with Gasteiger partial charge in [-0.25, -0.2) is 4.68 Å². The second-order valence-corrected chi connectivity index (χ2v) is 4.31. The van der Waals surface area contributed by atoms with Crippen molar-refractivity contribution in [2.75, 3.05) is 13.1 Å². The van der Waals surface area contributed by atoms with E-state index in [1.807, 2.05) is 29.2 Å². The van der Waals surface area contributed by atoms with E-state index in [1.165, 1.54) is 6.42 Å². The first kappa shape index (κ1) is 10.4. The van der Waals surface area contributed by atoms with E-state index in [1.54, 1.807) is 6.20 Å². The maximum Gasteiger partial charge on any atom is 0.0904 e. The molecular formula is C12H15N5. The molecule has 0 aliphatic carbocycles. The molecule has 3 rings (SSSR count). The third-order valence-corrected chi connectivity index (χ3v) is 3.15. The summed E-state index contributed by atoms with van der Waals surface area (Å²) in [4.78, 5) is 4.14. The van der Waals surface area contributed by atoms with Gasteiger partial charge in [0.05, 0.1) is 17.9 Å². The molecule has 0 spiro atoms. The van der Waals surface area contributed by atoms with Gasteiger partial charge in [-0.3, -0.25) is 4.98 Å². The van der Waals surface area contributed by atoms with Crippen LogP contribution in [-0.4, -0.2) is 33.1 Å². The molecule has 5 nitrogen and oxygen atoms in total. The number of nitrogens with zero attached hydrogens (tertiary/aromatic N) is 4. The predicted octanol–water partition coefficient (Wildman–Crippen LogP) is 1.26. The molecule has 1 aliphatic rings. The van der Waals surface area contributed by atoms with Gasteiger partial charge in [0.25, 0.3) is 0 Å². The van der Waals surface area contributed by atoms with Gasteiger partial charge >= 0.3 is 0 Å². The fraction of sp³-hybridized carbons (Fsp3) is 0.417. The molecule has 2 aromatic heterocycles. The molecule has 0 bridgehead atoms. The minimum Gasteiger partial charge on any atom is -0.315 e. The summed E-state index contributed by atoms with van der Waals surface area (Å²) in [6, 6.07) is 4.38. The summed E-state index contributed by atoms with van der Waals surface area (Å²) in [5, 5.41) is 11.6. The topological polar surface area (TPSA) is 55.6 Å². The Morgan fingerprint density at radius 1 is 1.35 bits per heavy atom. The summed E-state index contributed by atoms with van der Waals surface area (Å²) in [7, 11) is 0. The van der Waals surface area contributed by atoms with Gasteiger partial charge in [0.1, 0.15) is 0 Å². The number of hydrogen-bond acceptors (Lipinski definition) is 4. The standard InChI is InChI=1S/C12H15N5/c1-3-10(7-13-5-1)12-9-15-16-17(12)11-4-2-6-14-8-11/h1,3,5,7,9,11,14H,2,4,6,8H2. The Morgan fingerprint density at radius 3 is 3.12 bits per heavy atom. The molecule has 1 fully saturated rings. The van der Waals surface area contributed by atoms with Crippen LogP contribution in [0, 0.1) is 0 Å². The van der Waals surface area contributed by atoms with Gasteiger partial charge in [0.15, 0.2) is 0 Å². The fourth-order valence-corrected chi connectivity index (χ4v) is 2.28. The summed E-state index contributed by atoms with van der Waals surface area (Å²) in [5.41, 5.74) is 2.12. The van der Waals surface area contributed by atoms with E-state index in [9.17, 15) is 0 Å². The number of piperidine rings is 1. The molecule has 88 valence electrons. The molecule has 5 heteroatoms. The lowest BCUT2D eigenvalue weighted by Gasteiger charge is -2.24. The van der Waals surface area contributed by atoms with E-state index in [2.05, 4.69) is 20.6 Å². The van der Waals surface area contributed by atoms with Crippen LogP contribution >= 0.6 is 0 Å². The summed E-state index contributed by atoms with van der Waals surface area (Å²) in [5.74, 6) is 0. The van der Waals surface area contributed by atoms with Gasteiger partial charge < -0.3 is 5.32 Å². The smallest absolute Gasteiger partial charge is 0.0904 e. The van der Waals surface area contributed by atoms with Gasteiger partial charge in [-0.15, -0.1) is 5.10 Å². The molecule has 1 unspecified atom stereocenters. The highest BCUT2D eigenvalue weighted by Crippen LogP contribution is 2.23. The Labute approximate surface area is 99.9 Å². The minimum absolute atomic E-state index is 0.404. The van der Waals surface area contributed by atoms with Crippen molar-refractivity contribution in [2.24, 2.45) is 0 Å². The molecule has 0 radical (unpaired) electrons. The van der Waals surface area contributed by atoms with Crippen molar-refractivity contribution in [3.8, 4) is 11.3 Å². The van der Waals surface area contributed by atoms with Crippen molar-refractivity contribution < 1.29 is 0 Å². The molecule has 1 aliphatic heterocycles. The number of rotatable bonds is 2. The Kier molecular flexibility index (Phi) is 2.83. The normalized spacial score (nSPS) is 20.4. The Bertz CT molecular complexity index is 473. The van der Waals surface area contributed by atoms with Crippen LogP contribution in [0.2, 0.25) is 0 Å². The van der Waals surface area contributed by atoms with Crippen molar-refractivity contribution >= 4 is 0 Å². The number of aromatic nitrogens is 4. The van der Waals surface area contributed by atoms with Crippen molar-refractivity contribution in [2.45, 2.75) is 18.9 Å². The van der Waals surface area contributed by atoms with Crippen LogP contribution in [0.25, 0.3) is 11.3 Å². The van der Waals surface area contributed by atoms with Gasteiger partial charge in [-0.05, 0) is 31.5 Å². The number of nitrogens with one attached hydrogen (secondary N) is 1. The summed E-state index contributed by atoms with van der Waals surface area (Å²) < 4.78 is 2.02. The molecule has 3 heterocycles. The number of pyridine rings is 1. The highest BCUT2D eigenvalue weighted by atomic mass is 15.4. The second kappa shape index (κ2) is 4.63. The first-order valence-electron chi connectivity index (χ1n) is 5.96. The summed E-state index contributed by atoms with van der Waals surface area (Å²) in [6.45, 7) is 2.07.